The van der Waals surface area contributed by atoms with Crippen molar-refractivity contribution in [1.29, 1.82) is 0 Å². The van der Waals surface area contributed by atoms with Gasteiger partial charge >= 0.3 is 0 Å². The predicted molar refractivity (Wildman–Crippen MR) is 65.2 cm³/mol. The molecule has 0 aromatic carbocycles. The van der Waals surface area contributed by atoms with Crippen LogP contribution in [0.1, 0.15) is 46.5 Å². The summed E-state index contributed by atoms with van der Waals surface area (Å²) in [4.78, 5) is 11.8. The van der Waals surface area contributed by atoms with E-state index in [4.69, 9.17) is 4.74 Å². The lowest BCUT2D eigenvalue weighted by Gasteiger charge is -2.18. The van der Waals surface area contributed by atoms with Gasteiger partial charge in [0.15, 0.2) is 0 Å². The minimum Gasteiger partial charge on any atom is -0.377 e. The molecule has 1 aliphatic rings. The summed E-state index contributed by atoms with van der Waals surface area (Å²) in [6.45, 7) is 7.30. The molecule has 1 aliphatic carbocycles. The molecule has 3 heteroatoms. The predicted octanol–water partition coefficient (Wildman–Crippen LogP) is 2.35. The Labute approximate surface area is 98.9 Å². The molecule has 1 N–H and O–H groups in total. The summed E-state index contributed by atoms with van der Waals surface area (Å²) >= 11 is 0. The molecule has 0 heterocycles. The van der Waals surface area contributed by atoms with Crippen LogP contribution in [-0.4, -0.2) is 25.2 Å². The van der Waals surface area contributed by atoms with Gasteiger partial charge in [0.2, 0.25) is 5.91 Å². The molecule has 1 atom stereocenters. The Morgan fingerprint density at radius 3 is 2.50 bits per heavy atom. The van der Waals surface area contributed by atoms with Gasteiger partial charge < -0.3 is 10.1 Å². The van der Waals surface area contributed by atoms with Gasteiger partial charge in [0.25, 0.3) is 0 Å². The number of carbonyl (C=O) groups excluding carboxylic acids is 1. The number of hydrogen-bond acceptors (Lipinski definition) is 2. The second kappa shape index (κ2) is 6.89. The normalized spacial score (nSPS) is 19.0. The minimum atomic E-state index is 0.168. The number of carbonyl (C=O) groups is 1. The molecule has 94 valence electrons. The Bertz CT molecular complexity index is 210. The van der Waals surface area contributed by atoms with E-state index in [1.54, 1.807) is 0 Å². The van der Waals surface area contributed by atoms with Crippen LogP contribution in [-0.2, 0) is 9.53 Å². The van der Waals surface area contributed by atoms with Crippen LogP contribution in [0.25, 0.3) is 0 Å². The Balaban J connectivity index is 2.13. The lowest BCUT2D eigenvalue weighted by atomic mass is 9.92. The van der Waals surface area contributed by atoms with Crippen LogP contribution in [0, 0.1) is 11.8 Å². The maximum Gasteiger partial charge on any atom is 0.223 e. The molecule has 1 unspecified atom stereocenters. The number of hydrogen-bond donors (Lipinski definition) is 1. The Kier molecular flexibility index (Phi) is 5.81. The van der Waals surface area contributed by atoms with Crippen molar-refractivity contribution in [3.8, 4) is 0 Å². The van der Waals surface area contributed by atoms with Gasteiger partial charge in [-0.25, -0.2) is 0 Å². The largest absolute Gasteiger partial charge is 0.377 e. The van der Waals surface area contributed by atoms with Gasteiger partial charge in [-0.15, -0.1) is 0 Å². The fraction of sp³-hybridized carbons (Fsp3) is 0.923. The molecule has 1 rings (SSSR count). The van der Waals surface area contributed by atoms with Gasteiger partial charge in [0, 0.05) is 12.5 Å². The molecule has 1 amide bonds. The first-order valence-electron chi connectivity index (χ1n) is 6.50. The van der Waals surface area contributed by atoms with E-state index in [-0.39, 0.29) is 17.9 Å². The van der Waals surface area contributed by atoms with Crippen LogP contribution < -0.4 is 5.32 Å². The molecule has 0 saturated heterocycles. The van der Waals surface area contributed by atoms with E-state index in [1.165, 1.54) is 25.7 Å². The third-order valence-corrected chi connectivity index (χ3v) is 3.37. The zero-order chi connectivity index (χ0) is 12.0. The number of rotatable bonds is 6. The topological polar surface area (TPSA) is 38.3 Å². The Morgan fingerprint density at radius 2 is 1.94 bits per heavy atom. The molecule has 0 bridgehead atoms. The monoisotopic (exact) mass is 227 g/mol. The van der Waals surface area contributed by atoms with Crippen LogP contribution in [0.15, 0.2) is 0 Å². The SMILES string of the molecule is CC(C)OCCNC(=O)C(C)C1CCCC1. The summed E-state index contributed by atoms with van der Waals surface area (Å²) < 4.78 is 5.38. The van der Waals surface area contributed by atoms with Gasteiger partial charge in [0.1, 0.15) is 0 Å². The van der Waals surface area contributed by atoms with Crippen LogP contribution in [0.2, 0.25) is 0 Å². The van der Waals surface area contributed by atoms with Crippen molar-refractivity contribution in [2.24, 2.45) is 11.8 Å². The van der Waals surface area contributed by atoms with Crippen molar-refractivity contribution in [1.82, 2.24) is 5.32 Å². The van der Waals surface area contributed by atoms with Gasteiger partial charge in [-0.05, 0) is 32.6 Å². The van der Waals surface area contributed by atoms with E-state index < -0.39 is 0 Å². The lowest BCUT2D eigenvalue weighted by molar-refractivity contribution is -0.126. The minimum absolute atomic E-state index is 0.168. The summed E-state index contributed by atoms with van der Waals surface area (Å²) in [5.74, 6) is 0.965. The lowest BCUT2D eigenvalue weighted by Crippen LogP contribution is -2.35. The first-order valence-corrected chi connectivity index (χ1v) is 6.50. The zero-order valence-electron chi connectivity index (χ0n) is 10.8. The molecular formula is C13H25NO2. The maximum atomic E-state index is 11.8. The molecule has 3 nitrogen and oxygen atoms in total. The highest BCUT2D eigenvalue weighted by Gasteiger charge is 2.26. The van der Waals surface area contributed by atoms with E-state index >= 15 is 0 Å². The van der Waals surface area contributed by atoms with Gasteiger partial charge in [-0.3, -0.25) is 4.79 Å². The van der Waals surface area contributed by atoms with Crippen molar-refractivity contribution in [3.05, 3.63) is 0 Å². The van der Waals surface area contributed by atoms with Crippen molar-refractivity contribution < 1.29 is 9.53 Å². The van der Waals surface area contributed by atoms with Crippen molar-refractivity contribution in [2.45, 2.75) is 52.6 Å². The average Bonchev–Trinajstić information content (AvgIpc) is 2.76. The summed E-state index contributed by atoms with van der Waals surface area (Å²) in [6, 6.07) is 0. The smallest absolute Gasteiger partial charge is 0.223 e. The van der Waals surface area contributed by atoms with Gasteiger partial charge in [-0.1, -0.05) is 19.8 Å². The number of amides is 1. The second-order valence-corrected chi connectivity index (χ2v) is 5.04. The van der Waals surface area contributed by atoms with E-state index in [2.05, 4.69) is 12.2 Å². The summed E-state index contributed by atoms with van der Waals surface area (Å²) in [6.07, 6.45) is 5.26. The van der Waals surface area contributed by atoms with Gasteiger partial charge in [0.05, 0.1) is 12.7 Å². The molecule has 16 heavy (non-hydrogen) atoms. The van der Waals surface area contributed by atoms with E-state index in [9.17, 15) is 4.79 Å². The highest BCUT2D eigenvalue weighted by atomic mass is 16.5. The fourth-order valence-electron chi connectivity index (χ4n) is 2.30. The second-order valence-electron chi connectivity index (χ2n) is 5.04. The summed E-state index contributed by atoms with van der Waals surface area (Å²) in [7, 11) is 0. The molecule has 0 aromatic rings. The molecule has 0 radical (unpaired) electrons. The number of nitrogens with one attached hydrogen (secondary N) is 1. The fourth-order valence-corrected chi connectivity index (χ4v) is 2.30. The first kappa shape index (κ1) is 13.5. The molecular weight excluding hydrogens is 202 g/mol. The van der Waals surface area contributed by atoms with Crippen molar-refractivity contribution in [3.63, 3.8) is 0 Å². The summed E-state index contributed by atoms with van der Waals surface area (Å²) in [5, 5.41) is 2.95. The van der Waals surface area contributed by atoms with E-state index in [0.717, 1.165) is 0 Å². The Hall–Kier alpha value is -0.570. The van der Waals surface area contributed by atoms with Crippen molar-refractivity contribution in [2.75, 3.05) is 13.2 Å². The van der Waals surface area contributed by atoms with Crippen LogP contribution in [0.3, 0.4) is 0 Å². The molecule has 0 aromatic heterocycles. The zero-order valence-corrected chi connectivity index (χ0v) is 10.8. The highest BCUT2D eigenvalue weighted by molar-refractivity contribution is 5.78. The molecule has 0 spiro atoms. The van der Waals surface area contributed by atoms with Crippen LogP contribution in [0.4, 0.5) is 0 Å². The molecule has 1 fully saturated rings. The molecule has 0 aliphatic heterocycles. The third-order valence-electron chi connectivity index (χ3n) is 3.37. The molecule has 1 saturated carbocycles. The third kappa shape index (κ3) is 4.52. The number of ether oxygens (including phenoxy) is 1. The van der Waals surface area contributed by atoms with E-state index in [1.807, 2.05) is 13.8 Å². The van der Waals surface area contributed by atoms with E-state index in [0.29, 0.717) is 19.1 Å². The standard InChI is InChI=1S/C13H25NO2/c1-10(2)16-9-8-14-13(15)11(3)12-6-4-5-7-12/h10-12H,4-9H2,1-3H3,(H,14,15). The van der Waals surface area contributed by atoms with Gasteiger partial charge in [-0.2, -0.15) is 0 Å². The first-order chi connectivity index (χ1) is 7.61. The van der Waals surface area contributed by atoms with Crippen LogP contribution >= 0.6 is 0 Å². The highest BCUT2D eigenvalue weighted by Crippen LogP contribution is 2.31. The average molecular weight is 227 g/mol. The quantitative estimate of drug-likeness (QED) is 0.707. The van der Waals surface area contributed by atoms with Crippen LogP contribution in [0.5, 0.6) is 0 Å². The summed E-state index contributed by atoms with van der Waals surface area (Å²) in [5.41, 5.74) is 0. The Morgan fingerprint density at radius 1 is 1.31 bits per heavy atom. The maximum absolute atomic E-state index is 11.8. The van der Waals surface area contributed by atoms with Crippen molar-refractivity contribution >= 4 is 5.91 Å².